The van der Waals surface area contributed by atoms with Gasteiger partial charge in [-0.2, -0.15) is 0 Å². The second-order valence-electron chi connectivity index (χ2n) is 5.19. The number of rotatable bonds is 1. The lowest BCUT2D eigenvalue weighted by Crippen LogP contribution is -2.68. The van der Waals surface area contributed by atoms with Gasteiger partial charge in [-0.25, -0.2) is 23.2 Å². The van der Waals surface area contributed by atoms with Crippen LogP contribution in [0.15, 0.2) is 28.7 Å². The molecule has 1 aliphatic rings. The van der Waals surface area contributed by atoms with E-state index < -0.39 is 10.2 Å². The lowest BCUT2D eigenvalue weighted by Gasteiger charge is -2.25. The summed E-state index contributed by atoms with van der Waals surface area (Å²) in [6, 6.07) is 8.03. The van der Waals surface area contributed by atoms with E-state index in [1.54, 1.807) is 0 Å². The van der Waals surface area contributed by atoms with E-state index in [-0.39, 0.29) is 0 Å². The maximum absolute atomic E-state index is 8.49. The molecule has 1 fully saturated rings. The van der Waals surface area contributed by atoms with Gasteiger partial charge in [-0.1, -0.05) is 12.1 Å². The van der Waals surface area contributed by atoms with Crippen LogP contribution in [0, 0.1) is 10.2 Å². The SMILES string of the molecule is C[N+](C)=c1nc(N2CCOCC2)c2ccccc2o1.[O-][Cl+3]([O-])([O-])[O-]. The van der Waals surface area contributed by atoms with Gasteiger partial charge in [-0.15, -0.1) is 10.2 Å². The van der Waals surface area contributed by atoms with Crippen LogP contribution < -0.4 is 33.8 Å². The summed E-state index contributed by atoms with van der Waals surface area (Å²) in [4.78, 5) is 6.91. The molecule has 1 aliphatic heterocycles. The highest BCUT2D eigenvalue weighted by Gasteiger charge is 2.21. The number of fused-ring (bicyclic) bond motifs is 1. The van der Waals surface area contributed by atoms with Crippen LogP contribution in [-0.2, 0) is 4.74 Å². The zero-order valence-corrected chi connectivity index (χ0v) is 14.1. The molecule has 0 amide bonds. The molecule has 0 atom stereocenters. The summed E-state index contributed by atoms with van der Waals surface area (Å²) in [7, 11) is -1.08. The number of morpholine rings is 1. The average Bonchev–Trinajstić information content (AvgIpc) is 2.53. The van der Waals surface area contributed by atoms with Gasteiger partial charge in [0.05, 0.1) is 32.7 Å². The van der Waals surface area contributed by atoms with Gasteiger partial charge < -0.3 is 14.1 Å². The first-order valence-corrected chi connectivity index (χ1v) is 8.34. The van der Waals surface area contributed by atoms with Gasteiger partial charge in [0.25, 0.3) is 5.82 Å². The van der Waals surface area contributed by atoms with E-state index in [4.69, 9.17) is 27.8 Å². The second kappa shape index (κ2) is 7.88. The fourth-order valence-electron chi connectivity index (χ4n) is 2.22. The van der Waals surface area contributed by atoms with Gasteiger partial charge in [-0.05, 0) is 12.1 Å². The van der Waals surface area contributed by atoms with Crippen LogP contribution in [0.1, 0.15) is 0 Å². The summed E-state index contributed by atoms with van der Waals surface area (Å²) in [6.45, 7) is 3.24. The minimum Gasteiger partial charge on any atom is -0.388 e. The molecular formula is C14H18ClN3O6. The molecule has 0 spiro atoms. The Kier molecular flexibility index (Phi) is 6.10. The summed E-state index contributed by atoms with van der Waals surface area (Å²) in [5.74, 6) is 0.980. The van der Waals surface area contributed by atoms with Crippen molar-refractivity contribution in [2.75, 3.05) is 45.3 Å². The number of ether oxygens (including phenoxy) is 1. The van der Waals surface area contributed by atoms with Crippen LogP contribution in [0.25, 0.3) is 11.0 Å². The summed E-state index contributed by atoms with van der Waals surface area (Å²) in [6.07, 6.45) is 0. The monoisotopic (exact) mass is 359 g/mol. The van der Waals surface area contributed by atoms with E-state index in [1.807, 2.05) is 36.9 Å². The number of halogens is 1. The molecule has 0 N–H and O–H groups in total. The number of benzene rings is 1. The van der Waals surface area contributed by atoms with Gasteiger partial charge in [0, 0.05) is 18.1 Å². The average molecular weight is 360 g/mol. The van der Waals surface area contributed by atoms with E-state index >= 15 is 0 Å². The molecule has 0 saturated carbocycles. The number of hydrogen-bond donors (Lipinski definition) is 0. The maximum atomic E-state index is 8.49. The lowest BCUT2D eigenvalue weighted by atomic mass is 10.2. The molecule has 3 rings (SSSR count). The minimum absolute atomic E-state index is 0.625. The van der Waals surface area contributed by atoms with E-state index in [1.165, 1.54) is 0 Å². The van der Waals surface area contributed by atoms with Crippen molar-refractivity contribution in [1.82, 2.24) is 9.56 Å². The first-order valence-electron chi connectivity index (χ1n) is 7.10. The Bertz CT molecular complexity index is 742. The highest BCUT2D eigenvalue weighted by molar-refractivity contribution is 5.87. The van der Waals surface area contributed by atoms with Crippen molar-refractivity contribution in [2.24, 2.45) is 0 Å². The Hall–Kier alpha value is -1.75. The van der Waals surface area contributed by atoms with Gasteiger partial charge in [0.15, 0.2) is 0 Å². The zero-order valence-electron chi connectivity index (χ0n) is 13.3. The second-order valence-corrected chi connectivity index (χ2v) is 5.94. The normalized spacial score (nSPS) is 15.0. The van der Waals surface area contributed by atoms with Crippen LogP contribution in [-0.4, -0.2) is 45.4 Å². The van der Waals surface area contributed by atoms with Crippen LogP contribution in [0.3, 0.4) is 0 Å². The molecule has 1 saturated heterocycles. The Balaban J connectivity index is 0.000000368. The predicted octanol–water partition coefficient (Wildman–Crippen LogP) is -4.06. The topological polar surface area (TPSA) is 134 Å². The van der Waals surface area contributed by atoms with Crippen molar-refractivity contribution in [1.29, 1.82) is 0 Å². The number of aromatic nitrogens is 1. The molecule has 0 radical (unpaired) electrons. The maximum Gasteiger partial charge on any atom is 0.500 e. The molecule has 132 valence electrons. The molecule has 1 aromatic carbocycles. The quantitative estimate of drug-likeness (QED) is 0.469. The van der Waals surface area contributed by atoms with Gasteiger partial charge in [0.2, 0.25) is 0 Å². The molecule has 9 nitrogen and oxygen atoms in total. The van der Waals surface area contributed by atoms with E-state index in [9.17, 15) is 0 Å². The molecule has 0 bridgehead atoms. The number of para-hydroxylation sites is 1. The van der Waals surface area contributed by atoms with Crippen molar-refractivity contribution < 1.29 is 38.0 Å². The predicted molar refractivity (Wildman–Crippen MR) is 74.2 cm³/mol. The largest absolute Gasteiger partial charge is 0.500 e. The third-order valence-corrected chi connectivity index (χ3v) is 3.22. The molecule has 2 heterocycles. The molecule has 1 aromatic heterocycles. The van der Waals surface area contributed by atoms with Gasteiger partial charge in [-0.3, -0.25) is 0 Å². The Labute approximate surface area is 140 Å². The third-order valence-electron chi connectivity index (χ3n) is 3.22. The van der Waals surface area contributed by atoms with E-state index in [2.05, 4.69) is 16.0 Å². The van der Waals surface area contributed by atoms with Crippen LogP contribution >= 0.6 is 0 Å². The Morgan fingerprint density at radius 3 is 2.25 bits per heavy atom. The van der Waals surface area contributed by atoms with Crippen molar-refractivity contribution in [3.63, 3.8) is 0 Å². The van der Waals surface area contributed by atoms with Crippen LogP contribution in [0.2, 0.25) is 0 Å². The molecule has 0 unspecified atom stereocenters. The smallest absolute Gasteiger partial charge is 0.388 e. The number of hydrogen-bond acceptors (Lipinski definition) is 8. The highest BCUT2D eigenvalue weighted by Crippen LogP contribution is 2.23. The molecular weight excluding hydrogens is 342 g/mol. The fourth-order valence-corrected chi connectivity index (χ4v) is 2.22. The van der Waals surface area contributed by atoms with E-state index in [0.717, 1.165) is 43.1 Å². The zero-order chi connectivity index (χ0) is 17.7. The summed E-state index contributed by atoms with van der Waals surface area (Å²) in [5, 5.41) is 1.05. The molecule has 0 aliphatic carbocycles. The van der Waals surface area contributed by atoms with Crippen molar-refractivity contribution in [3.8, 4) is 0 Å². The fraction of sp³-hybridized carbons (Fsp3) is 0.429. The summed E-state index contributed by atoms with van der Waals surface area (Å²) in [5.41, 5.74) is 1.49. The first kappa shape index (κ1) is 18.6. The van der Waals surface area contributed by atoms with Crippen LogP contribution in [0.5, 0.6) is 0 Å². The van der Waals surface area contributed by atoms with Gasteiger partial charge in [0.1, 0.15) is 5.58 Å². The van der Waals surface area contributed by atoms with Crippen molar-refractivity contribution in [3.05, 3.63) is 29.9 Å². The minimum atomic E-state index is -4.94. The Morgan fingerprint density at radius 1 is 1.08 bits per heavy atom. The molecule has 2 aromatic rings. The van der Waals surface area contributed by atoms with Crippen molar-refractivity contribution >= 4 is 16.8 Å². The third kappa shape index (κ3) is 5.41. The standard InChI is InChI=1S/C14H18N3O2.ClHO4/c1-16(2)14-15-13(17-7-9-18-10-8-17)11-5-3-4-6-12(11)19-14;2-1(3,4)5/h3-6H,7-10H2,1-2H3;(H,2,3,4,5)/q+1;/p-1. The highest BCUT2D eigenvalue weighted by atomic mass is 35.7. The van der Waals surface area contributed by atoms with Crippen LogP contribution in [0.4, 0.5) is 5.82 Å². The molecule has 24 heavy (non-hydrogen) atoms. The number of anilines is 1. The van der Waals surface area contributed by atoms with Crippen molar-refractivity contribution in [2.45, 2.75) is 0 Å². The Morgan fingerprint density at radius 2 is 1.67 bits per heavy atom. The first-order chi connectivity index (χ1) is 11.3. The van der Waals surface area contributed by atoms with E-state index in [0.29, 0.717) is 5.68 Å². The lowest BCUT2D eigenvalue weighted by molar-refractivity contribution is -2.00. The molecule has 10 heteroatoms. The van der Waals surface area contributed by atoms with Gasteiger partial charge >= 0.3 is 5.68 Å². The summed E-state index contributed by atoms with van der Waals surface area (Å²) >= 11 is 0. The number of nitrogens with zero attached hydrogens (tertiary/aromatic N) is 3. The summed E-state index contributed by atoms with van der Waals surface area (Å²) < 4.78 is 47.1.